The van der Waals surface area contributed by atoms with Crippen molar-refractivity contribution < 1.29 is 9.52 Å². The molecule has 1 N–H and O–H groups in total. The van der Waals surface area contributed by atoms with Gasteiger partial charge < -0.3 is 9.52 Å². The lowest BCUT2D eigenvalue weighted by molar-refractivity contribution is 0.265. The number of oxazole rings is 1. The highest BCUT2D eigenvalue weighted by atomic mass is 32.2. The Morgan fingerprint density at radius 2 is 2.27 bits per heavy atom. The maximum atomic E-state index is 9.17. The molecule has 2 aromatic rings. The van der Waals surface area contributed by atoms with Crippen LogP contribution in [0.1, 0.15) is 13.8 Å². The third-order valence-corrected chi connectivity index (χ3v) is 3.25. The van der Waals surface area contributed by atoms with Crippen molar-refractivity contribution >= 4 is 22.9 Å². The monoisotopic (exact) mass is 223 g/mol. The van der Waals surface area contributed by atoms with Crippen molar-refractivity contribution in [3.8, 4) is 0 Å². The van der Waals surface area contributed by atoms with Gasteiger partial charge in [0.05, 0.1) is 6.61 Å². The van der Waals surface area contributed by atoms with Crippen molar-refractivity contribution in [1.82, 2.24) is 4.98 Å². The van der Waals surface area contributed by atoms with Gasteiger partial charge in [-0.25, -0.2) is 4.98 Å². The van der Waals surface area contributed by atoms with Crippen molar-refractivity contribution in [3.63, 3.8) is 0 Å². The van der Waals surface area contributed by atoms with Crippen LogP contribution in [0.5, 0.6) is 0 Å². The highest BCUT2D eigenvalue weighted by molar-refractivity contribution is 8.00. The number of benzene rings is 1. The van der Waals surface area contributed by atoms with Gasteiger partial charge in [-0.05, 0) is 32.0 Å². The molecule has 0 fully saturated rings. The molecule has 0 amide bonds. The Morgan fingerprint density at radius 1 is 1.47 bits per heavy atom. The first-order valence-electron chi connectivity index (χ1n) is 4.74. The fraction of sp³-hybridized carbons (Fsp3) is 0.364. The van der Waals surface area contributed by atoms with Gasteiger partial charge in [0, 0.05) is 9.64 Å². The molecule has 15 heavy (non-hydrogen) atoms. The summed E-state index contributed by atoms with van der Waals surface area (Å²) in [5.41, 5.74) is 1.65. The summed E-state index contributed by atoms with van der Waals surface area (Å²) in [6.45, 7) is 4.15. The van der Waals surface area contributed by atoms with Crippen molar-refractivity contribution in [1.29, 1.82) is 0 Å². The standard InChI is InChI=1S/C11H13NO2S/c1-11(2,6-13)15-8-3-4-9-10(5-8)14-7-12-9/h3-5,7,13H,6H2,1-2H3. The molecule has 0 aliphatic heterocycles. The summed E-state index contributed by atoms with van der Waals surface area (Å²) in [7, 11) is 0. The number of aliphatic hydroxyl groups is 1. The Morgan fingerprint density at radius 3 is 3.00 bits per heavy atom. The van der Waals surface area contributed by atoms with E-state index in [1.807, 2.05) is 32.0 Å². The van der Waals surface area contributed by atoms with Crippen molar-refractivity contribution in [2.45, 2.75) is 23.5 Å². The number of hydrogen-bond acceptors (Lipinski definition) is 4. The van der Waals surface area contributed by atoms with Gasteiger partial charge in [-0.15, -0.1) is 11.8 Å². The van der Waals surface area contributed by atoms with Crippen LogP contribution >= 0.6 is 11.8 Å². The third kappa shape index (κ3) is 2.33. The average Bonchev–Trinajstić information content (AvgIpc) is 2.64. The van der Waals surface area contributed by atoms with Gasteiger partial charge in [-0.2, -0.15) is 0 Å². The van der Waals surface area contributed by atoms with Gasteiger partial charge in [-0.3, -0.25) is 0 Å². The lowest BCUT2D eigenvalue weighted by Gasteiger charge is -2.20. The summed E-state index contributed by atoms with van der Waals surface area (Å²) < 4.78 is 5.05. The smallest absolute Gasteiger partial charge is 0.181 e. The average molecular weight is 223 g/mol. The van der Waals surface area contributed by atoms with Crippen molar-refractivity contribution in [2.75, 3.05) is 6.61 Å². The van der Waals surface area contributed by atoms with E-state index in [1.54, 1.807) is 11.8 Å². The van der Waals surface area contributed by atoms with Crippen LogP contribution in [0.3, 0.4) is 0 Å². The van der Waals surface area contributed by atoms with E-state index in [0.29, 0.717) is 0 Å². The molecule has 0 atom stereocenters. The minimum Gasteiger partial charge on any atom is -0.443 e. The molecule has 0 unspecified atom stereocenters. The van der Waals surface area contributed by atoms with Crippen molar-refractivity contribution in [2.24, 2.45) is 0 Å². The van der Waals surface area contributed by atoms with Crippen LogP contribution in [0.15, 0.2) is 33.9 Å². The Kier molecular flexibility index (Phi) is 2.71. The lowest BCUT2D eigenvalue weighted by Crippen LogP contribution is -2.19. The molecule has 3 nitrogen and oxygen atoms in total. The van der Waals surface area contributed by atoms with E-state index in [-0.39, 0.29) is 11.4 Å². The summed E-state index contributed by atoms with van der Waals surface area (Å²) in [5, 5.41) is 9.17. The van der Waals surface area contributed by atoms with E-state index >= 15 is 0 Å². The maximum Gasteiger partial charge on any atom is 0.181 e. The summed E-state index contributed by atoms with van der Waals surface area (Å²) in [4.78, 5) is 5.13. The fourth-order valence-corrected chi connectivity index (χ4v) is 2.25. The second-order valence-corrected chi connectivity index (χ2v) is 5.78. The zero-order valence-corrected chi connectivity index (χ0v) is 9.54. The fourth-order valence-electron chi connectivity index (χ4n) is 1.25. The van der Waals surface area contributed by atoms with Gasteiger partial charge >= 0.3 is 0 Å². The molecule has 0 spiro atoms. The normalized spacial score (nSPS) is 12.2. The van der Waals surface area contributed by atoms with Gasteiger partial charge in [0.2, 0.25) is 0 Å². The first-order valence-corrected chi connectivity index (χ1v) is 5.55. The number of aliphatic hydroxyl groups excluding tert-OH is 1. The van der Waals surface area contributed by atoms with E-state index < -0.39 is 0 Å². The molecule has 0 saturated carbocycles. The predicted octanol–water partition coefficient (Wildman–Crippen LogP) is 2.69. The maximum absolute atomic E-state index is 9.17. The Hall–Kier alpha value is -1.00. The summed E-state index contributed by atoms with van der Waals surface area (Å²) in [6, 6.07) is 5.87. The molecule has 0 bridgehead atoms. The van der Waals surface area contributed by atoms with E-state index in [4.69, 9.17) is 4.42 Å². The molecule has 80 valence electrons. The van der Waals surface area contributed by atoms with Crippen LogP contribution in [0, 0.1) is 0 Å². The quantitative estimate of drug-likeness (QED) is 0.813. The highest BCUT2D eigenvalue weighted by Crippen LogP contribution is 2.33. The summed E-state index contributed by atoms with van der Waals surface area (Å²) >= 11 is 1.63. The van der Waals surface area contributed by atoms with Crippen LogP contribution in [-0.4, -0.2) is 21.4 Å². The van der Waals surface area contributed by atoms with Gasteiger partial charge in [0.1, 0.15) is 5.52 Å². The second kappa shape index (κ2) is 3.87. The SMILES string of the molecule is CC(C)(CO)Sc1ccc2ncoc2c1. The molecule has 2 rings (SSSR count). The van der Waals surface area contributed by atoms with E-state index in [1.165, 1.54) is 6.39 Å². The van der Waals surface area contributed by atoms with Crippen LogP contribution in [-0.2, 0) is 0 Å². The Balaban J connectivity index is 2.28. The van der Waals surface area contributed by atoms with E-state index in [0.717, 1.165) is 16.0 Å². The molecule has 0 saturated heterocycles. The number of rotatable bonds is 3. The molecular formula is C11H13NO2S. The highest BCUT2D eigenvalue weighted by Gasteiger charge is 2.18. The zero-order valence-electron chi connectivity index (χ0n) is 8.73. The largest absolute Gasteiger partial charge is 0.443 e. The van der Waals surface area contributed by atoms with Gasteiger partial charge in [-0.1, -0.05) is 0 Å². The second-order valence-electron chi connectivity index (χ2n) is 4.00. The molecule has 4 heteroatoms. The first kappa shape index (κ1) is 10.5. The molecule has 1 aromatic carbocycles. The summed E-state index contributed by atoms with van der Waals surface area (Å²) in [5.74, 6) is 0. The Bertz CT molecular complexity index is 464. The number of aromatic nitrogens is 1. The minimum absolute atomic E-state index is 0.145. The molecule has 1 heterocycles. The molecule has 0 aliphatic carbocycles. The van der Waals surface area contributed by atoms with Crippen molar-refractivity contribution in [3.05, 3.63) is 24.6 Å². The van der Waals surface area contributed by atoms with Gasteiger partial charge in [0.15, 0.2) is 12.0 Å². The number of fused-ring (bicyclic) bond motifs is 1. The topological polar surface area (TPSA) is 46.3 Å². The first-order chi connectivity index (χ1) is 7.11. The molecule has 1 aromatic heterocycles. The van der Waals surface area contributed by atoms with E-state index in [2.05, 4.69) is 4.98 Å². The molecule has 0 radical (unpaired) electrons. The van der Waals surface area contributed by atoms with Crippen LogP contribution in [0.25, 0.3) is 11.1 Å². The van der Waals surface area contributed by atoms with Crippen LogP contribution in [0.2, 0.25) is 0 Å². The van der Waals surface area contributed by atoms with E-state index in [9.17, 15) is 5.11 Å². The lowest BCUT2D eigenvalue weighted by atomic mass is 10.2. The van der Waals surface area contributed by atoms with Crippen LogP contribution in [0.4, 0.5) is 0 Å². The predicted molar refractivity (Wildman–Crippen MR) is 61.0 cm³/mol. The third-order valence-electron chi connectivity index (χ3n) is 2.08. The Labute approximate surface area is 92.5 Å². The zero-order chi connectivity index (χ0) is 10.9. The van der Waals surface area contributed by atoms with Crippen LogP contribution < -0.4 is 0 Å². The summed E-state index contributed by atoms with van der Waals surface area (Å²) in [6.07, 6.45) is 1.44. The molecular weight excluding hydrogens is 210 g/mol. The number of nitrogens with zero attached hydrogens (tertiary/aromatic N) is 1. The number of hydrogen-bond donors (Lipinski definition) is 1. The molecule has 0 aliphatic rings. The number of thioether (sulfide) groups is 1. The minimum atomic E-state index is -0.173. The van der Waals surface area contributed by atoms with Gasteiger partial charge in [0.25, 0.3) is 0 Å².